The lowest BCUT2D eigenvalue weighted by Gasteiger charge is -2.53. The minimum atomic E-state index is -0.457. The molecule has 3 aliphatic rings. The third-order valence-electron chi connectivity index (χ3n) is 8.58. The van der Waals surface area contributed by atoms with Crippen LogP contribution in [0.1, 0.15) is 69.9 Å². The van der Waals surface area contributed by atoms with Gasteiger partial charge in [0.25, 0.3) is 0 Å². The van der Waals surface area contributed by atoms with Crippen LogP contribution in [-0.4, -0.2) is 71.7 Å². The number of carbonyl (C=O) groups is 1. The minimum absolute atomic E-state index is 0.0324. The number of amides is 1. The van der Waals surface area contributed by atoms with Gasteiger partial charge in [0.1, 0.15) is 0 Å². The third-order valence-corrected chi connectivity index (χ3v) is 9.60. The zero-order valence-corrected chi connectivity index (χ0v) is 21.4. The zero-order valence-electron chi connectivity index (χ0n) is 20.6. The number of thiazole rings is 1. The molecule has 2 aliphatic carbocycles. The molecule has 2 heterocycles. The number of hydrogen-bond donors (Lipinski definition) is 2. The van der Waals surface area contributed by atoms with Gasteiger partial charge in [-0.1, -0.05) is 34.1 Å². The number of unbranched alkanes of at least 4 members (excludes halogenated alkanes) is 1. The molecule has 1 aliphatic heterocycles. The molecule has 7 heteroatoms. The number of aromatic nitrogens is 1. The van der Waals surface area contributed by atoms with Crippen LogP contribution in [0.5, 0.6) is 0 Å². The Morgan fingerprint density at radius 3 is 2.75 bits per heavy atom. The quantitative estimate of drug-likeness (QED) is 0.629. The fourth-order valence-electron chi connectivity index (χ4n) is 6.49. The van der Waals surface area contributed by atoms with Crippen molar-refractivity contribution in [1.82, 2.24) is 14.8 Å². The van der Waals surface area contributed by atoms with Gasteiger partial charge in [-0.2, -0.15) is 0 Å². The first-order valence-corrected chi connectivity index (χ1v) is 13.5. The first kappa shape index (κ1) is 24.0. The molecule has 32 heavy (non-hydrogen) atoms. The molecule has 1 saturated carbocycles. The number of fused-ring (bicyclic) bond motifs is 2. The summed E-state index contributed by atoms with van der Waals surface area (Å²) in [5.74, 6) is 0.497. The summed E-state index contributed by atoms with van der Waals surface area (Å²) in [4.78, 5) is 23.9. The van der Waals surface area contributed by atoms with Crippen LogP contribution in [-0.2, 0) is 11.2 Å². The lowest BCUT2D eigenvalue weighted by atomic mass is 9.53. The predicted octanol–water partition coefficient (Wildman–Crippen LogP) is 3.82. The first-order chi connectivity index (χ1) is 15.2. The van der Waals surface area contributed by atoms with E-state index in [2.05, 4.69) is 45.0 Å². The number of aliphatic hydroxyl groups excluding tert-OH is 1. The Morgan fingerprint density at radius 2 is 2.06 bits per heavy atom. The maximum atomic E-state index is 13.3. The van der Waals surface area contributed by atoms with Crippen molar-refractivity contribution < 1.29 is 9.90 Å². The van der Waals surface area contributed by atoms with Crippen molar-refractivity contribution in [3.63, 3.8) is 0 Å². The second kappa shape index (κ2) is 9.59. The molecule has 1 unspecified atom stereocenters. The SMILES string of the molecule is CCCCNc1nc2c(s1)C[C@]1(C)CCC([C@H](C)C(=O)N3CCN(C)CC3)[C@H](O)[C@H]1[C@@H]2C. The minimum Gasteiger partial charge on any atom is -0.392 e. The predicted molar refractivity (Wildman–Crippen MR) is 131 cm³/mol. The summed E-state index contributed by atoms with van der Waals surface area (Å²) < 4.78 is 0. The largest absolute Gasteiger partial charge is 0.392 e. The van der Waals surface area contributed by atoms with Gasteiger partial charge in [-0.25, -0.2) is 4.98 Å². The van der Waals surface area contributed by atoms with Crippen LogP contribution >= 0.6 is 11.3 Å². The Labute approximate surface area is 197 Å². The number of nitrogens with one attached hydrogen (secondary N) is 1. The first-order valence-electron chi connectivity index (χ1n) is 12.6. The van der Waals surface area contributed by atoms with E-state index in [0.717, 1.165) is 63.5 Å². The molecule has 2 fully saturated rings. The van der Waals surface area contributed by atoms with Gasteiger partial charge in [0.15, 0.2) is 5.13 Å². The van der Waals surface area contributed by atoms with E-state index in [1.807, 2.05) is 16.2 Å². The van der Waals surface area contributed by atoms with Crippen LogP contribution in [0.3, 0.4) is 0 Å². The molecular formula is C25H42N4O2S. The maximum Gasteiger partial charge on any atom is 0.225 e. The number of piperazine rings is 1. The number of aliphatic hydroxyl groups is 1. The third kappa shape index (κ3) is 4.45. The Hall–Kier alpha value is -1.18. The number of nitrogens with zero attached hydrogens (tertiary/aromatic N) is 3. The highest BCUT2D eigenvalue weighted by Crippen LogP contribution is 2.57. The Bertz CT molecular complexity index is 806. The van der Waals surface area contributed by atoms with Crippen molar-refractivity contribution in [2.45, 2.75) is 71.8 Å². The fourth-order valence-corrected chi connectivity index (χ4v) is 7.78. The van der Waals surface area contributed by atoms with Crippen molar-refractivity contribution >= 4 is 22.4 Å². The highest BCUT2D eigenvalue weighted by atomic mass is 32.1. The molecule has 4 rings (SSSR count). The lowest BCUT2D eigenvalue weighted by Crippen LogP contribution is -2.55. The summed E-state index contributed by atoms with van der Waals surface area (Å²) in [6, 6.07) is 0. The van der Waals surface area contributed by atoms with Gasteiger partial charge in [0.05, 0.1) is 11.8 Å². The van der Waals surface area contributed by atoms with Gasteiger partial charge in [-0.15, -0.1) is 11.3 Å². The Morgan fingerprint density at radius 1 is 1.34 bits per heavy atom. The average Bonchev–Trinajstić information content (AvgIpc) is 3.16. The van der Waals surface area contributed by atoms with E-state index in [9.17, 15) is 9.90 Å². The number of anilines is 1. The van der Waals surface area contributed by atoms with Crippen molar-refractivity contribution in [3.8, 4) is 0 Å². The van der Waals surface area contributed by atoms with Gasteiger partial charge in [-0.05, 0) is 50.0 Å². The second-order valence-electron chi connectivity index (χ2n) is 10.9. The van der Waals surface area contributed by atoms with Crippen LogP contribution in [0.15, 0.2) is 0 Å². The normalized spacial score (nSPS) is 34.0. The molecule has 2 N–H and O–H groups in total. The number of likely N-dealkylation sites (N-methyl/N-ethyl adjacent to an activating group) is 1. The van der Waals surface area contributed by atoms with E-state index in [0.29, 0.717) is 0 Å². The molecular weight excluding hydrogens is 420 g/mol. The molecule has 6 atom stereocenters. The molecule has 0 spiro atoms. The second-order valence-corrected chi connectivity index (χ2v) is 11.9. The van der Waals surface area contributed by atoms with E-state index < -0.39 is 6.10 Å². The van der Waals surface area contributed by atoms with Gasteiger partial charge in [0.2, 0.25) is 5.91 Å². The van der Waals surface area contributed by atoms with E-state index in [1.165, 1.54) is 17.0 Å². The Kier molecular flexibility index (Phi) is 7.18. The standard InChI is InChI=1S/C25H42N4O2S/c1-6-7-10-26-24-27-21-17(3)20-22(30)18(8-9-25(20,4)15-19(21)32-24)16(2)23(31)29-13-11-28(5)12-14-29/h16-18,20,22,30H,6-15H2,1-5H3,(H,26,27)/t16-,17-,18?,20+,22-,25-/m0/s1. The summed E-state index contributed by atoms with van der Waals surface area (Å²) in [6.07, 6.45) is 4.86. The van der Waals surface area contributed by atoms with Crippen LogP contribution in [0.2, 0.25) is 0 Å². The molecule has 1 amide bonds. The van der Waals surface area contributed by atoms with E-state index in [1.54, 1.807) is 0 Å². The number of hydrogen-bond acceptors (Lipinski definition) is 6. The topological polar surface area (TPSA) is 68.7 Å². The smallest absolute Gasteiger partial charge is 0.225 e. The van der Waals surface area contributed by atoms with Gasteiger partial charge < -0.3 is 20.2 Å². The average molecular weight is 463 g/mol. The number of carbonyl (C=O) groups excluding carboxylic acids is 1. The highest BCUT2D eigenvalue weighted by molar-refractivity contribution is 7.15. The molecule has 0 radical (unpaired) electrons. The van der Waals surface area contributed by atoms with E-state index in [4.69, 9.17) is 4.98 Å². The molecule has 1 aromatic rings. The van der Waals surface area contributed by atoms with E-state index >= 15 is 0 Å². The summed E-state index contributed by atoms with van der Waals surface area (Å²) in [5.41, 5.74) is 1.25. The highest BCUT2D eigenvalue weighted by Gasteiger charge is 2.54. The number of rotatable bonds is 6. The van der Waals surface area contributed by atoms with Crippen LogP contribution in [0, 0.1) is 23.2 Å². The van der Waals surface area contributed by atoms with Gasteiger partial charge in [-0.3, -0.25) is 4.79 Å². The Balaban J connectivity index is 1.49. The van der Waals surface area contributed by atoms with Crippen molar-refractivity contribution in [3.05, 3.63) is 10.6 Å². The maximum absolute atomic E-state index is 13.3. The summed E-state index contributed by atoms with van der Waals surface area (Å²) >= 11 is 1.81. The van der Waals surface area contributed by atoms with Crippen LogP contribution in [0.4, 0.5) is 5.13 Å². The van der Waals surface area contributed by atoms with Gasteiger partial charge in [0, 0.05) is 49.4 Å². The van der Waals surface area contributed by atoms with Crippen molar-refractivity contribution in [2.75, 3.05) is 45.1 Å². The lowest BCUT2D eigenvalue weighted by molar-refractivity contribution is -0.146. The summed E-state index contributed by atoms with van der Waals surface area (Å²) in [5, 5.41) is 16.2. The van der Waals surface area contributed by atoms with Crippen molar-refractivity contribution in [2.24, 2.45) is 23.2 Å². The summed E-state index contributed by atoms with van der Waals surface area (Å²) in [7, 11) is 2.11. The molecule has 180 valence electrons. The molecule has 1 saturated heterocycles. The van der Waals surface area contributed by atoms with Crippen molar-refractivity contribution in [1.29, 1.82) is 0 Å². The van der Waals surface area contributed by atoms with Gasteiger partial charge >= 0.3 is 0 Å². The molecule has 0 aromatic carbocycles. The molecule has 1 aromatic heterocycles. The molecule has 0 bridgehead atoms. The fraction of sp³-hybridized carbons (Fsp3) is 0.840. The van der Waals surface area contributed by atoms with Crippen LogP contribution < -0.4 is 5.32 Å². The molecule has 6 nitrogen and oxygen atoms in total. The van der Waals surface area contributed by atoms with E-state index in [-0.39, 0.29) is 35.0 Å². The van der Waals surface area contributed by atoms with Crippen LogP contribution in [0.25, 0.3) is 0 Å². The summed E-state index contributed by atoms with van der Waals surface area (Å²) in [6.45, 7) is 13.3. The monoisotopic (exact) mass is 462 g/mol. The zero-order chi connectivity index (χ0) is 23.0.